The Balaban J connectivity index is 1.71. The highest BCUT2D eigenvalue weighted by atomic mass is 19.4. The number of nitrogens with zero attached hydrogens (tertiary/aromatic N) is 2. The molecule has 35 heavy (non-hydrogen) atoms. The molecule has 1 heterocycles. The second kappa shape index (κ2) is 11.1. The summed E-state index contributed by atoms with van der Waals surface area (Å²) in [5.41, 5.74) is 1.48. The Morgan fingerprint density at radius 1 is 1.14 bits per heavy atom. The van der Waals surface area contributed by atoms with Crippen molar-refractivity contribution >= 4 is 17.7 Å². The molecule has 0 bridgehead atoms. The lowest BCUT2D eigenvalue weighted by atomic mass is 9.89. The molecule has 186 valence electrons. The first-order valence-corrected chi connectivity index (χ1v) is 11.2. The van der Waals surface area contributed by atoms with Crippen LogP contribution in [0.1, 0.15) is 54.1 Å². The fourth-order valence-corrected chi connectivity index (χ4v) is 3.79. The van der Waals surface area contributed by atoms with E-state index in [1.807, 2.05) is 26.0 Å². The van der Waals surface area contributed by atoms with Crippen molar-refractivity contribution in [2.45, 2.75) is 39.0 Å². The van der Waals surface area contributed by atoms with E-state index in [0.717, 1.165) is 17.7 Å². The minimum absolute atomic E-state index is 0.0340. The van der Waals surface area contributed by atoms with E-state index in [1.54, 1.807) is 17.0 Å². The largest absolute Gasteiger partial charge is 0.573 e. The van der Waals surface area contributed by atoms with Crippen LogP contribution in [0.3, 0.4) is 0 Å². The monoisotopic (exact) mass is 489 g/mol. The number of piperidine rings is 1. The second-order valence-electron chi connectivity index (χ2n) is 8.68. The summed E-state index contributed by atoms with van der Waals surface area (Å²) in [6, 6.07) is 12.8. The number of carbonyl (C=O) groups is 2. The molecule has 0 spiro atoms. The molecule has 0 unspecified atom stereocenters. The molecule has 0 aliphatic carbocycles. The van der Waals surface area contributed by atoms with E-state index in [1.165, 1.54) is 6.07 Å². The van der Waals surface area contributed by atoms with Gasteiger partial charge in [0.05, 0.1) is 23.9 Å². The van der Waals surface area contributed by atoms with Gasteiger partial charge in [-0.2, -0.15) is 5.26 Å². The first-order valence-electron chi connectivity index (χ1n) is 11.2. The lowest BCUT2D eigenvalue weighted by Gasteiger charge is -2.32. The number of nitrogens with one attached hydrogen (secondary N) is 1. The zero-order valence-corrected chi connectivity index (χ0v) is 19.4. The summed E-state index contributed by atoms with van der Waals surface area (Å²) in [6.45, 7) is 4.63. The smallest absolute Gasteiger partial charge is 0.449 e. The van der Waals surface area contributed by atoms with Crippen molar-refractivity contribution in [3.63, 3.8) is 0 Å². The molecule has 1 aliphatic rings. The summed E-state index contributed by atoms with van der Waals surface area (Å²) in [5.74, 6) is -0.732. The Kier molecular flexibility index (Phi) is 8.22. The van der Waals surface area contributed by atoms with E-state index in [-0.39, 0.29) is 35.6 Å². The maximum atomic E-state index is 13.1. The van der Waals surface area contributed by atoms with Crippen LogP contribution < -0.4 is 10.1 Å². The molecule has 2 aromatic rings. The van der Waals surface area contributed by atoms with Gasteiger partial charge in [-0.15, -0.1) is 13.2 Å². The van der Waals surface area contributed by atoms with Gasteiger partial charge >= 0.3 is 12.5 Å². The number of rotatable bonds is 6. The van der Waals surface area contributed by atoms with E-state index in [9.17, 15) is 22.8 Å². The Hall–Kier alpha value is -3.74. The third-order valence-electron chi connectivity index (χ3n) is 5.53. The number of alkyl halides is 3. The zero-order chi connectivity index (χ0) is 25.6. The standard InChI is InChI=1S/C25H26F3N3O4/c1-16(2)15-34-24(33)30-21-13-20(7-8-22(21)35-25(26,27)28)23(32)31-11-9-19(10-12-31)18-5-3-17(14-29)4-6-18/h3-8,13,16,19H,9-12,15H2,1-2H3,(H,30,33). The van der Waals surface area contributed by atoms with Gasteiger partial charge in [0.15, 0.2) is 5.75 Å². The maximum absolute atomic E-state index is 13.1. The van der Waals surface area contributed by atoms with Gasteiger partial charge in [0.1, 0.15) is 0 Å². The molecule has 1 fully saturated rings. The lowest BCUT2D eigenvalue weighted by molar-refractivity contribution is -0.274. The van der Waals surface area contributed by atoms with Crippen molar-refractivity contribution in [1.82, 2.24) is 4.90 Å². The van der Waals surface area contributed by atoms with Gasteiger partial charge in [-0.3, -0.25) is 10.1 Å². The number of halogens is 3. The van der Waals surface area contributed by atoms with Crippen LogP contribution in [0.4, 0.5) is 23.7 Å². The van der Waals surface area contributed by atoms with Crippen LogP contribution in [0.2, 0.25) is 0 Å². The minimum atomic E-state index is -4.98. The average Bonchev–Trinajstić information content (AvgIpc) is 2.82. The Morgan fingerprint density at radius 2 is 1.80 bits per heavy atom. The molecule has 0 atom stereocenters. The first kappa shape index (κ1) is 25.9. The lowest BCUT2D eigenvalue weighted by Crippen LogP contribution is -2.38. The summed E-state index contributed by atoms with van der Waals surface area (Å²) in [4.78, 5) is 26.7. The number of hydrogen-bond donors (Lipinski definition) is 1. The highest BCUT2D eigenvalue weighted by molar-refractivity contribution is 5.97. The summed E-state index contributed by atoms with van der Waals surface area (Å²) in [5, 5.41) is 11.2. The predicted molar refractivity (Wildman–Crippen MR) is 122 cm³/mol. The first-order chi connectivity index (χ1) is 16.6. The van der Waals surface area contributed by atoms with Gasteiger partial charge in [0, 0.05) is 18.7 Å². The second-order valence-corrected chi connectivity index (χ2v) is 8.68. The van der Waals surface area contributed by atoms with Gasteiger partial charge in [-0.05, 0) is 60.6 Å². The van der Waals surface area contributed by atoms with Crippen LogP contribution in [0.15, 0.2) is 42.5 Å². The van der Waals surface area contributed by atoms with Gasteiger partial charge in [0.25, 0.3) is 5.91 Å². The molecule has 2 aromatic carbocycles. The zero-order valence-electron chi connectivity index (χ0n) is 19.4. The van der Waals surface area contributed by atoms with E-state index in [4.69, 9.17) is 10.00 Å². The van der Waals surface area contributed by atoms with Crippen LogP contribution in [-0.4, -0.2) is 43.0 Å². The molecular formula is C25H26F3N3O4. The number of benzene rings is 2. The average molecular weight is 489 g/mol. The third kappa shape index (κ3) is 7.37. The van der Waals surface area contributed by atoms with Crippen molar-refractivity contribution in [1.29, 1.82) is 5.26 Å². The summed E-state index contributed by atoms with van der Waals surface area (Å²) >= 11 is 0. The molecule has 2 amide bonds. The van der Waals surface area contributed by atoms with Crippen LogP contribution in [0.25, 0.3) is 0 Å². The van der Waals surface area contributed by atoms with Crippen molar-refractivity contribution in [2.24, 2.45) is 5.92 Å². The molecule has 1 saturated heterocycles. The number of anilines is 1. The van der Waals surface area contributed by atoms with E-state index in [2.05, 4.69) is 16.1 Å². The Morgan fingerprint density at radius 3 is 2.37 bits per heavy atom. The summed E-state index contributed by atoms with van der Waals surface area (Å²) in [6.07, 6.45) is -4.51. The number of carbonyl (C=O) groups excluding carboxylic acids is 2. The maximum Gasteiger partial charge on any atom is 0.573 e. The predicted octanol–water partition coefficient (Wildman–Crippen LogP) is 5.68. The molecule has 0 aromatic heterocycles. The number of likely N-dealkylation sites (tertiary alicyclic amines) is 1. The topological polar surface area (TPSA) is 91.7 Å². The van der Waals surface area contributed by atoms with Crippen LogP contribution in [0, 0.1) is 17.2 Å². The Labute approximate surface area is 201 Å². The fraction of sp³-hybridized carbons (Fsp3) is 0.400. The molecule has 7 nitrogen and oxygen atoms in total. The normalized spacial score (nSPS) is 14.4. The molecular weight excluding hydrogens is 463 g/mol. The van der Waals surface area contributed by atoms with Crippen molar-refractivity contribution in [3.8, 4) is 11.8 Å². The number of hydrogen-bond acceptors (Lipinski definition) is 5. The SMILES string of the molecule is CC(C)COC(=O)Nc1cc(C(=O)N2CCC(c3ccc(C#N)cc3)CC2)ccc1OC(F)(F)F. The molecule has 0 radical (unpaired) electrons. The quantitative estimate of drug-likeness (QED) is 0.564. The van der Waals surface area contributed by atoms with Crippen LogP contribution >= 0.6 is 0 Å². The van der Waals surface area contributed by atoms with Gasteiger partial charge in [-0.1, -0.05) is 26.0 Å². The molecule has 0 saturated carbocycles. The van der Waals surface area contributed by atoms with Gasteiger partial charge < -0.3 is 14.4 Å². The van der Waals surface area contributed by atoms with E-state index in [0.29, 0.717) is 31.5 Å². The highest BCUT2D eigenvalue weighted by Crippen LogP contribution is 2.33. The molecule has 3 rings (SSSR count). The highest BCUT2D eigenvalue weighted by Gasteiger charge is 2.33. The van der Waals surface area contributed by atoms with E-state index < -0.39 is 18.2 Å². The van der Waals surface area contributed by atoms with Crippen molar-refractivity contribution in [3.05, 3.63) is 59.2 Å². The van der Waals surface area contributed by atoms with Crippen LogP contribution in [-0.2, 0) is 4.74 Å². The molecule has 10 heteroatoms. The molecule has 1 N–H and O–H groups in total. The van der Waals surface area contributed by atoms with Crippen molar-refractivity contribution < 1.29 is 32.2 Å². The Bertz CT molecular complexity index is 1090. The summed E-state index contributed by atoms with van der Waals surface area (Å²) < 4.78 is 47.5. The molecule has 1 aliphatic heterocycles. The number of amides is 2. The van der Waals surface area contributed by atoms with Gasteiger partial charge in [-0.25, -0.2) is 4.79 Å². The van der Waals surface area contributed by atoms with Crippen molar-refractivity contribution in [2.75, 3.05) is 25.0 Å². The number of ether oxygens (including phenoxy) is 2. The summed E-state index contributed by atoms with van der Waals surface area (Å²) in [7, 11) is 0. The van der Waals surface area contributed by atoms with Gasteiger partial charge in [0.2, 0.25) is 0 Å². The van der Waals surface area contributed by atoms with Crippen LogP contribution in [0.5, 0.6) is 5.75 Å². The third-order valence-corrected chi connectivity index (χ3v) is 5.53. The fourth-order valence-electron chi connectivity index (χ4n) is 3.79. The van der Waals surface area contributed by atoms with E-state index >= 15 is 0 Å². The number of nitriles is 1. The minimum Gasteiger partial charge on any atom is -0.449 e.